The summed E-state index contributed by atoms with van der Waals surface area (Å²) in [7, 11) is 0. The standard InChI is InChI=1S/C13H18INO2/c1-2-3-7-12(13(16)17)15-9-10-5-4-6-11(14)8-10/h4-6,8,12,15H,2-3,7,9H2,1H3,(H,16,17)/t12-/m0/s1. The van der Waals surface area contributed by atoms with E-state index in [9.17, 15) is 4.79 Å². The number of benzene rings is 1. The van der Waals surface area contributed by atoms with Crippen molar-refractivity contribution in [3.63, 3.8) is 0 Å². The van der Waals surface area contributed by atoms with Gasteiger partial charge in [0.15, 0.2) is 0 Å². The Hall–Kier alpha value is -0.620. The number of aliphatic carboxylic acids is 1. The first-order valence-electron chi connectivity index (χ1n) is 5.84. The largest absolute Gasteiger partial charge is 0.480 e. The van der Waals surface area contributed by atoms with E-state index in [1.54, 1.807) is 0 Å². The van der Waals surface area contributed by atoms with Crippen LogP contribution in [0.15, 0.2) is 24.3 Å². The zero-order chi connectivity index (χ0) is 12.7. The van der Waals surface area contributed by atoms with E-state index in [0.29, 0.717) is 13.0 Å². The van der Waals surface area contributed by atoms with Crippen molar-refractivity contribution in [3.8, 4) is 0 Å². The quantitative estimate of drug-likeness (QED) is 0.746. The monoisotopic (exact) mass is 347 g/mol. The van der Waals surface area contributed by atoms with Gasteiger partial charge in [-0.15, -0.1) is 0 Å². The van der Waals surface area contributed by atoms with Gasteiger partial charge in [0, 0.05) is 10.1 Å². The smallest absolute Gasteiger partial charge is 0.320 e. The van der Waals surface area contributed by atoms with Crippen molar-refractivity contribution in [2.75, 3.05) is 0 Å². The lowest BCUT2D eigenvalue weighted by atomic mass is 10.1. The summed E-state index contributed by atoms with van der Waals surface area (Å²) < 4.78 is 1.17. The minimum Gasteiger partial charge on any atom is -0.480 e. The first-order chi connectivity index (χ1) is 8.13. The highest BCUT2D eigenvalue weighted by molar-refractivity contribution is 14.1. The predicted octanol–water partition coefficient (Wildman–Crippen LogP) is 3.02. The van der Waals surface area contributed by atoms with Gasteiger partial charge in [0.2, 0.25) is 0 Å². The highest BCUT2D eigenvalue weighted by Crippen LogP contribution is 2.08. The molecule has 0 aliphatic rings. The summed E-state index contributed by atoms with van der Waals surface area (Å²) in [5, 5.41) is 12.2. The van der Waals surface area contributed by atoms with Crippen LogP contribution in [0.1, 0.15) is 31.7 Å². The molecule has 0 heterocycles. The zero-order valence-corrected chi connectivity index (χ0v) is 12.1. The average molecular weight is 347 g/mol. The van der Waals surface area contributed by atoms with E-state index in [1.165, 1.54) is 3.57 Å². The summed E-state index contributed by atoms with van der Waals surface area (Å²) in [6, 6.07) is 7.64. The third kappa shape index (κ3) is 5.50. The molecule has 0 unspecified atom stereocenters. The molecule has 2 N–H and O–H groups in total. The van der Waals surface area contributed by atoms with Crippen LogP contribution < -0.4 is 5.32 Å². The van der Waals surface area contributed by atoms with Crippen molar-refractivity contribution in [1.82, 2.24) is 5.32 Å². The summed E-state index contributed by atoms with van der Waals surface area (Å²) >= 11 is 2.25. The Morgan fingerprint density at radius 2 is 2.29 bits per heavy atom. The molecule has 0 fully saturated rings. The van der Waals surface area contributed by atoms with Gasteiger partial charge < -0.3 is 10.4 Å². The van der Waals surface area contributed by atoms with Crippen LogP contribution in [0.4, 0.5) is 0 Å². The van der Waals surface area contributed by atoms with Crippen LogP contribution in [0.25, 0.3) is 0 Å². The molecule has 94 valence electrons. The molecule has 0 saturated heterocycles. The van der Waals surface area contributed by atoms with Crippen LogP contribution in [-0.2, 0) is 11.3 Å². The van der Waals surface area contributed by atoms with Crippen molar-refractivity contribution < 1.29 is 9.90 Å². The Morgan fingerprint density at radius 3 is 2.88 bits per heavy atom. The number of carbonyl (C=O) groups is 1. The molecule has 0 aliphatic carbocycles. The number of halogens is 1. The molecule has 1 aromatic rings. The van der Waals surface area contributed by atoms with E-state index in [4.69, 9.17) is 5.11 Å². The van der Waals surface area contributed by atoms with Gasteiger partial charge in [0.1, 0.15) is 6.04 Å². The Bertz CT molecular complexity index is 368. The lowest BCUT2D eigenvalue weighted by Gasteiger charge is -2.14. The summed E-state index contributed by atoms with van der Waals surface area (Å²) in [6.07, 6.45) is 2.65. The number of rotatable bonds is 7. The van der Waals surface area contributed by atoms with Gasteiger partial charge in [-0.25, -0.2) is 0 Å². The summed E-state index contributed by atoms with van der Waals surface area (Å²) in [5.74, 6) is -0.760. The fraction of sp³-hybridized carbons (Fsp3) is 0.462. The summed E-state index contributed by atoms with van der Waals surface area (Å²) in [4.78, 5) is 11.0. The molecule has 0 radical (unpaired) electrons. The normalized spacial score (nSPS) is 12.4. The van der Waals surface area contributed by atoms with E-state index >= 15 is 0 Å². The van der Waals surface area contributed by atoms with Crippen LogP contribution in [0.3, 0.4) is 0 Å². The van der Waals surface area contributed by atoms with Crippen molar-refractivity contribution in [3.05, 3.63) is 33.4 Å². The molecular weight excluding hydrogens is 329 g/mol. The molecule has 0 spiro atoms. The molecule has 4 heteroatoms. The van der Waals surface area contributed by atoms with Gasteiger partial charge in [-0.05, 0) is 46.7 Å². The van der Waals surface area contributed by atoms with Crippen LogP contribution in [0.5, 0.6) is 0 Å². The van der Waals surface area contributed by atoms with Crippen molar-refractivity contribution in [2.24, 2.45) is 0 Å². The topological polar surface area (TPSA) is 49.3 Å². The fourth-order valence-corrected chi connectivity index (χ4v) is 2.22. The molecule has 1 atom stereocenters. The van der Waals surface area contributed by atoms with Crippen molar-refractivity contribution >= 4 is 28.6 Å². The molecule has 1 rings (SSSR count). The Balaban J connectivity index is 2.48. The first kappa shape index (κ1) is 14.4. The lowest BCUT2D eigenvalue weighted by Crippen LogP contribution is -2.36. The molecule has 1 aromatic carbocycles. The molecule has 0 saturated carbocycles. The fourth-order valence-electron chi connectivity index (χ4n) is 1.61. The Morgan fingerprint density at radius 1 is 1.53 bits per heavy atom. The molecule has 0 aliphatic heterocycles. The van der Waals surface area contributed by atoms with Crippen molar-refractivity contribution in [1.29, 1.82) is 0 Å². The maximum absolute atomic E-state index is 11.0. The predicted molar refractivity (Wildman–Crippen MR) is 76.9 cm³/mol. The number of carboxylic acid groups (broad SMARTS) is 1. The number of unbranched alkanes of at least 4 members (excludes halogenated alkanes) is 1. The Kier molecular flexibility index (Phi) is 6.50. The number of hydrogen-bond acceptors (Lipinski definition) is 2. The van der Waals surface area contributed by atoms with Gasteiger partial charge in [-0.3, -0.25) is 4.79 Å². The molecule has 3 nitrogen and oxygen atoms in total. The molecular formula is C13H18INO2. The van der Waals surface area contributed by atoms with E-state index < -0.39 is 12.0 Å². The van der Waals surface area contributed by atoms with Gasteiger partial charge >= 0.3 is 5.97 Å². The number of hydrogen-bond donors (Lipinski definition) is 2. The summed E-state index contributed by atoms with van der Waals surface area (Å²) in [6.45, 7) is 2.68. The zero-order valence-electron chi connectivity index (χ0n) is 9.95. The number of nitrogens with one attached hydrogen (secondary N) is 1. The second-order valence-electron chi connectivity index (χ2n) is 4.04. The van der Waals surface area contributed by atoms with Crippen molar-refractivity contribution in [2.45, 2.75) is 38.8 Å². The average Bonchev–Trinajstić information content (AvgIpc) is 2.28. The van der Waals surface area contributed by atoms with Crippen LogP contribution in [0, 0.1) is 3.57 Å². The maximum atomic E-state index is 11.0. The van der Waals surface area contributed by atoms with Gasteiger partial charge in [-0.1, -0.05) is 31.9 Å². The lowest BCUT2D eigenvalue weighted by molar-refractivity contribution is -0.139. The molecule has 0 bridgehead atoms. The molecule has 17 heavy (non-hydrogen) atoms. The second kappa shape index (κ2) is 7.66. The maximum Gasteiger partial charge on any atom is 0.320 e. The van der Waals surface area contributed by atoms with E-state index in [2.05, 4.69) is 40.9 Å². The SMILES string of the molecule is CCCC[C@H](NCc1cccc(I)c1)C(=O)O. The van der Waals surface area contributed by atoms with Crippen LogP contribution in [0.2, 0.25) is 0 Å². The molecule has 0 aromatic heterocycles. The minimum atomic E-state index is -0.760. The highest BCUT2D eigenvalue weighted by atomic mass is 127. The Labute approximate surface area is 116 Å². The van der Waals surface area contributed by atoms with E-state index in [1.807, 2.05) is 18.2 Å². The van der Waals surface area contributed by atoms with E-state index in [0.717, 1.165) is 18.4 Å². The van der Waals surface area contributed by atoms with Gasteiger partial charge in [0.25, 0.3) is 0 Å². The molecule has 0 amide bonds. The second-order valence-corrected chi connectivity index (χ2v) is 5.29. The van der Waals surface area contributed by atoms with E-state index in [-0.39, 0.29) is 0 Å². The number of carboxylic acids is 1. The summed E-state index contributed by atoms with van der Waals surface area (Å²) in [5.41, 5.74) is 1.12. The third-order valence-electron chi connectivity index (χ3n) is 2.59. The van der Waals surface area contributed by atoms with Crippen LogP contribution in [-0.4, -0.2) is 17.1 Å². The van der Waals surface area contributed by atoms with Gasteiger partial charge in [-0.2, -0.15) is 0 Å². The third-order valence-corrected chi connectivity index (χ3v) is 3.26. The first-order valence-corrected chi connectivity index (χ1v) is 6.92. The van der Waals surface area contributed by atoms with Gasteiger partial charge in [0.05, 0.1) is 0 Å². The highest BCUT2D eigenvalue weighted by Gasteiger charge is 2.15. The van der Waals surface area contributed by atoms with Crippen LogP contribution >= 0.6 is 22.6 Å². The minimum absolute atomic E-state index is 0.437.